The highest BCUT2D eigenvalue weighted by atomic mass is 32.2. The van der Waals surface area contributed by atoms with Gasteiger partial charge in [0.2, 0.25) is 0 Å². The molecule has 0 saturated heterocycles. The van der Waals surface area contributed by atoms with Gasteiger partial charge in [0.1, 0.15) is 6.04 Å². The summed E-state index contributed by atoms with van der Waals surface area (Å²) in [7, 11) is -3.42. The van der Waals surface area contributed by atoms with E-state index in [1.807, 2.05) is 0 Å². The van der Waals surface area contributed by atoms with Crippen LogP contribution in [0.3, 0.4) is 0 Å². The minimum atomic E-state index is -3.42. The molecule has 0 aliphatic carbocycles. The highest BCUT2D eigenvalue weighted by Crippen LogP contribution is 2.11. The van der Waals surface area contributed by atoms with Crippen LogP contribution in [0.1, 0.15) is 10.4 Å². The zero-order valence-electron chi connectivity index (χ0n) is 10.0. The molecule has 1 aromatic rings. The molecule has 0 saturated carbocycles. The van der Waals surface area contributed by atoms with E-state index >= 15 is 0 Å². The van der Waals surface area contributed by atoms with Crippen LogP contribution in [-0.2, 0) is 14.6 Å². The molecule has 6 nitrogen and oxygen atoms in total. The fourth-order valence-electron chi connectivity index (χ4n) is 1.30. The Kier molecular flexibility index (Phi) is 4.96. The number of carbonyl (C=O) groups excluding carboxylic acids is 1. The lowest BCUT2D eigenvalue weighted by Crippen LogP contribution is -2.42. The van der Waals surface area contributed by atoms with Crippen molar-refractivity contribution in [2.24, 2.45) is 0 Å². The van der Waals surface area contributed by atoms with Crippen molar-refractivity contribution in [2.45, 2.75) is 10.9 Å². The van der Waals surface area contributed by atoms with Crippen molar-refractivity contribution in [2.75, 3.05) is 12.0 Å². The minimum absolute atomic E-state index is 0.00195. The molecule has 0 aliphatic heterocycles. The van der Waals surface area contributed by atoms with Crippen LogP contribution < -0.4 is 5.32 Å². The van der Waals surface area contributed by atoms with Crippen molar-refractivity contribution in [3.05, 3.63) is 29.8 Å². The van der Waals surface area contributed by atoms with E-state index in [-0.39, 0.29) is 16.2 Å². The van der Waals surface area contributed by atoms with Crippen molar-refractivity contribution in [1.29, 1.82) is 0 Å². The van der Waals surface area contributed by atoms with E-state index in [9.17, 15) is 18.0 Å². The molecule has 0 fully saturated rings. The van der Waals surface area contributed by atoms with E-state index in [2.05, 4.69) is 17.9 Å². The number of rotatable bonds is 5. The number of aliphatic carboxylic acids is 1. The summed E-state index contributed by atoms with van der Waals surface area (Å²) in [5, 5.41) is 11.0. The van der Waals surface area contributed by atoms with Crippen molar-refractivity contribution in [3.63, 3.8) is 0 Å². The highest BCUT2D eigenvalue weighted by molar-refractivity contribution is 7.90. The second-order valence-corrected chi connectivity index (χ2v) is 6.23. The number of nitrogens with one attached hydrogen (secondary N) is 1. The van der Waals surface area contributed by atoms with Crippen LogP contribution in [-0.4, -0.2) is 43.5 Å². The molecule has 1 rings (SSSR count). The van der Waals surface area contributed by atoms with Gasteiger partial charge >= 0.3 is 5.97 Å². The fourth-order valence-corrected chi connectivity index (χ4v) is 2.21. The molecule has 1 amide bonds. The maximum Gasteiger partial charge on any atom is 0.327 e. The lowest BCUT2D eigenvalue weighted by atomic mass is 10.2. The van der Waals surface area contributed by atoms with Crippen LogP contribution in [0.4, 0.5) is 0 Å². The first-order valence-electron chi connectivity index (χ1n) is 5.20. The molecule has 1 aromatic carbocycles. The van der Waals surface area contributed by atoms with E-state index < -0.39 is 27.8 Å². The molecule has 0 heterocycles. The molecule has 0 aromatic heterocycles. The summed E-state index contributed by atoms with van der Waals surface area (Å²) in [5.41, 5.74) is 0.0796. The van der Waals surface area contributed by atoms with E-state index in [0.717, 1.165) is 6.26 Å². The predicted octanol–water partition coefficient (Wildman–Crippen LogP) is 0.203. The SMILES string of the molecule is CS(=O)(=O)c1cccc(C(=O)NC(CS)C(=O)O)c1. The average molecular weight is 303 g/mol. The number of carboxylic acids is 1. The van der Waals surface area contributed by atoms with Gasteiger partial charge in [-0.25, -0.2) is 13.2 Å². The highest BCUT2D eigenvalue weighted by Gasteiger charge is 2.19. The van der Waals surface area contributed by atoms with Crippen molar-refractivity contribution in [3.8, 4) is 0 Å². The summed E-state index contributed by atoms with van der Waals surface area (Å²) in [4.78, 5) is 22.6. The molecule has 2 N–H and O–H groups in total. The average Bonchev–Trinajstić information content (AvgIpc) is 2.34. The zero-order chi connectivity index (χ0) is 14.6. The number of thiol groups is 1. The molecule has 19 heavy (non-hydrogen) atoms. The summed E-state index contributed by atoms with van der Waals surface area (Å²) < 4.78 is 22.7. The van der Waals surface area contributed by atoms with Crippen LogP contribution in [0.15, 0.2) is 29.2 Å². The van der Waals surface area contributed by atoms with Gasteiger partial charge in [-0.1, -0.05) is 6.07 Å². The first-order valence-corrected chi connectivity index (χ1v) is 7.72. The van der Waals surface area contributed by atoms with Crippen LogP contribution >= 0.6 is 12.6 Å². The van der Waals surface area contributed by atoms with Gasteiger partial charge in [-0.15, -0.1) is 0 Å². The zero-order valence-corrected chi connectivity index (χ0v) is 11.7. The van der Waals surface area contributed by atoms with Gasteiger partial charge in [-0.05, 0) is 18.2 Å². The lowest BCUT2D eigenvalue weighted by molar-refractivity contribution is -0.138. The normalized spacial score (nSPS) is 12.7. The van der Waals surface area contributed by atoms with E-state index in [1.54, 1.807) is 0 Å². The Bertz CT molecular complexity index is 597. The molecule has 0 aliphatic rings. The Labute approximate surface area is 116 Å². The molecule has 0 spiro atoms. The smallest absolute Gasteiger partial charge is 0.327 e. The maximum atomic E-state index is 11.8. The number of carbonyl (C=O) groups is 2. The van der Waals surface area contributed by atoms with Gasteiger partial charge in [0.15, 0.2) is 9.84 Å². The van der Waals surface area contributed by atoms with Crippen molar-refractivity contribution in [1.82, 2.24) is 5.32 Å². The molecule has 1 atom stereocenters. The number of carboxylic acid groups (broad SMARTS) is 1. The van der Waals surface area contributed by atoms with E-state index in [0.29, 0.717) is 0 Å². The van der Waals surface area contributed by atoms with Gasteiger partial charge in [0, 0.05) is 17.6 Å². The van der Waals surface area contributed by atoms with Crippen LogP contribution in [0.2, 0.25) is 0 Å². The molecule has 104 valence electrons. The second-order valence-electron chi connectivity index (χ2n) is 3.85. The number of benzene rings is 1. The topological polar surface area (TPSA) is 101 Å². The number of sulfone groups is 1. The first kappa shape index (κ1) is 15.5. The van der Waals surface area contributed by atoms with Gasteiger partial charge < -0.3 is 10.4 Å². The van der Waals surface area contributed by atoms with Gasteiger partial charge in [-0.2, -0.15) is 12.6 Å². The Morgan fingerprint density at radius 2 is 2.05 bits per heavy atom. The van der Waals surface area contributed by atoms with Crippen LogP contribution in [0.5, 0.6) is 0 Å². The van der Waals surface area contributed by atoms with Crippen LogP contribution in [0, 0.1) is 0 Å². The number of hydrogen-bond acceptors (Lipinski definition) is 5. The third kappa shape index (κ3) is 4.25. The second kappa shape index (κ2) is 6.07. The lowest BCUT2D eigenvalue weighted by Gasteiger charge is -2.12. The Morgan fingerprint density at radius 3 is 2.53 bits per heavy atom. The summed E-state index contributed by atoms with van der Waals surface area (Å²) in [6.45, 7) is 0. The summed E-state index contributed by atoms with van der Waals surface area (Å²) in [6, 6.07) is 4.25. The minimum Gasteiger partial charge on any atom is -0.480 e. The molecule has 0 bridgehead atoms. The predicted molar refractivity (Wildman–Crippen MR) is 72.3 cm³/mol. The Morgan fingerprint density at radius 1 is 1.42 bits per heavy atom. The third-order valence-corrected chi connectivity index (χ3v) is 3.79. The largest absolute Gasteiger partial charge is 0.480 e. The van der Waals surface area contributed by atoms with E-state index in [4.69, 9.17) is 5.11 Å². The fraction of sp³-hybridized carbons (Fsp3) is 0.273. The number of hydrogen-bond donors (Lipinski definition) is 3. The van der Waals surface area contributed by atoms with Gasteiger partial charge in [0.25, 0.3) is 5.91 Å². The summed E-state index contributed by atoms with van der Waals surface area (Å²) in [6.07, 6.45) is 1.03. The van der Waals surface area contributed by atoms with Crippen LogP contribution in [0.25, 0.3) is 0 Å². The first-order chi connectivity index (χ1) is 8.75. The molecular formula is C11H13NO5S2. The molecular weight excluding hydrogens is 290 g/mol. The Balaban J connectivity index is 2.98. The molecule has 0 radical (unpaired) electrons. The summed E-state index contributed by atoms with van der Waals surface area (Å²) in [5.74, 6) is -1.93. The van der Waals surface area contributed by atoms with Gasteiger partial charge in [0.05, 0.1) is 4.90 Å². The maximum absolute atomic E-state index is 11.8. The van der Waals surface area contributed by atoms with Crippen molar-refractivity contribution < 1.29 is 23.1 Å². The molecule has 1 unspecified atom stereocenters. The number of amides is 1. The van der Waals surface area contributed by atoms with E-state index in [1.165, 1.54) is 24.3 Å². The quantitative estimate of drug-likeness (QED) is 0.675. The van der Waals surface area contributed by atoms with Gasteiger partial charge in [-0.3, -0.25) is 4.79 Å². The monoisotopic (exact) mass is 303 g/mol. The molecule has 8 heteroatoms. The summed E-state index contributed by atoms with van der Waals surface area (Å²) >= 11 is 3.82. The third-order valence-electron chi connectivity index (χ3n) is 2.31. The standard InChI is InChI=1S/C11H13NO5S2/c1-19(16,17)8-4-2-3-7(5-8)10(13)12-9(6-18)11(14)15/h2-5,9,18H,6H2,1H3,(H,12,13)(H,14,15). The Hall–Kier alpha value is -1.54. The van der Waals surface area contributed by atoms with Crippen molar-refractivity contribution >= 4 is 34.3 Å².